The fourth-order valence-corrected chi connectivity index (χ4v) is 3.99. The third-order valence-corrected chi connectivity index (χ3v) is 5.80. The number of hydrogen-bond acceptors (Lipinski definition) is 4. The van der Waals surface area contributed by atoms with E-state index in [4.69, 9.17) is 4.98 Å². The maximum absolute atomic E-state index is 12.5. The Morgan fingerprint density at radius 2 is 2.03 bits per heavy atom. The maximum Gasteiger partial charge on any atom is 0.255 e. The molecule has 150 valence electrons. The zero-order chi connectivity index (χ0) is 20.4. The summed E-state index contributed by atoms with van der Waals surface area (Å²) < 4.78 is 0. The highest BCUT2D eigenvalue weighted by molar-refractivity contribution is 5.64. The first kappa shape index (κ1) is 19.5. The summed E-state index contributed by atoms with van der Waals surface area (Å²) in [6.07, 6.45) is 4.59. The van der Waals surface area contributed by atoms with Crippen LogP contribution in [-0.2, 0) is 25.9 Å². The van der Waals surface area contributed by atoms with Gasteiger partial charge in [0.1, 0.15) is 5.82 Å². The van der Waals surface area contributed by atoms with Gasteiger partial charge in [-0.1, -0.05) is 31.2 Å². The van der Waals surface area contributed by atoms with Gasteiger partial charge in [-0.3, -0.25) is 14.7 Å². The summed E-state index contributed by atoms with van der Waals surface area (Å²) in [6, 6.07) is 10.6. The van der Waals surface area contributed by atoms with Crippen LogP contribution in [0.2, 0.25) is 0 Å². The standard InChI is InChI=1S/C24H28N4O/c1-4-6-23-26-22-11-12-28(15-20(22)24(29)27-23)14-18-9-10-21(25-13-18)19-8-5-7-16(2)17(19)3/h5,7-10,13H,4,6,11-12,14-15H2,1-3H3,(H,26,27,29). The van der Waals surface area contributed by atoms with Gasteiger partial charge in [0.05, 0.1) is 17.0 Å². The monoisotopic (exact) mass is 388 g/mol. The molecule has 1 N–H and O–H groups in total. The molecule has 1 aliphatic rings. The number of fused-ring (bicyclic) bond motifs is 1. The number of rotatable bonds is 5. The normalized spacial score (nSPS) is 14.0. The Hall–Kier alpha value is -2.79. The molecule has 4 rings (SSSR count). The number of aryl methyl sites for hydroxylation is 2. The summed E-state index contributed by atoms with van der Waals surface area (Å²) in [5.74, 6) is 0.816. The van der Waals surface area contributed by atoms with Crippen molar-refractivity contribution in [1.82, 2.24) is 19.9 Å². The summed E-state index contributed by atoms with van der Waals surface area (Å²) >= 11 is 0. The van der Waals surface area contributed by atoms with Gasteiger partial charge in [0.15, 0.2) is 0 Å². The first-order chi connectivity index (χ1) is 14.0. The molecule has 29 heavy (non-hydrogen) atoms. The molecular formula is C24H28N4O. The molecule has 0 fully saturated rings. The maximum atomic E-state index is 12.5. The topological polar surface area (TPSA) is 61.9 Å². The average molecular weight is 389 g/mol. The van der Waals surface area contributed by atoms with Crippen LogP contribution in [0.5, 0.6) is 0 Å². The van der Waals surface area contributed by atoms with Crippen molar-refractivity contribution < 1.29 is 0 Å². The highest BCUT2D eigenvalue weighted by atomic mass is 16.1. The lowest BCUT2D eigenvalue weighted by Crippen LogP contribution is -2.35. The molecule has 0 unspecified atom stereocenters. The van der Waals surface area contributed by atoms with E-state index in [0.29, 0.717) is 6.54 Å². The van der Waals surface area contributed by atoms with Crippen LogP contribution in [0.3, 0.4) is 0 Å². The SMILES string of the molecule is CCCc1nc2c(c(=O)[nH]1)CN(Cc1ccc(-c3cccc(C)c3C)nc1)CC2. The Bertz CT molecular complexity index is 1070. The molecule has 5 heteroatoms. The first-order valence-electron chi connectivity index (χ1n) is 10.4. The molecule has 1 aromatic carbocycles. The van der Waals surface area contributed by atoms with Crippen molar-refractivity contribution in [3.63, 3.8) is 0 Å². The number of benzene rings is 1. The Kier molecular flexibility index (Phi) is 5.58. The fourth-order valence-electron chi connectivity index (χ4n) is 3.99. The molecule has 0 radical (unpaired) electrons. The Balaban J connectivity index is 1.48. The number of H-pyrrole nitrogens is 1. The van der Waals surface area contributed by atoms with Crippen LogP contribution in [0.25, 0.3) is 11.3 Å². The minimum atomic E-state index is 0.0199. The molecule has 0 bridgehead atoms. The molecule has 1 aliphatic heterocycles. The number of hydrogen-bond donors (Lipinski definition) is 1. The Morgan fingerprint density at radius 3 is 2.79 bits per heavy atom. The van der Waals surface area contributed by atoms with Crippen molar-refractivity contribution in [3.8, 4) is 11.3 Å². The molecule has 3 heterocycles. The summed E-state index contributed by atoms with van der Waals surface area (Å²) in [5.41, 5.74) is 7.71. The van der Waals surface area contributed by atoms with Gasteiger partial charge in [-0.05, 0) is 43.0 Å². The highest BCUT2D eigenvalue weighted by Crippen LogP contribution is 2.24. The molecule has 0 atom stereocenters. The van der Waals surface area contributed by atoms with Crippen molar-refractivity contribution in [3.05, 3.63) is 80.7 Å². The molecule has 0 amide bonds. The van der Waals surface area contributed by atoms with Crippen LogP contribution in [0.1, 0.15) is 47.1 Å². The number of nitrogens with one attached hydrogen (secondary N) is 1. The third-order valence-electron chi connectivity index (χ3n) is 5.80. The highest BCUT2D eigenvalue weighted by Gasteiger charge is 2.21. The molecule has 0 saturated heterocycles. The zero-order valence-corrected chi connectivity index (χ0v) is 17.5. The summed E-state index contributed by atoms with van der Waals surface area (Å²) in [5, 5.41) is 0. The van der Waals surface area contributed by atoms with E-state index >= 15 is 0 Å². The quantitative estimate of drug-likeness (QED) is 0.719. The zero-order valence-electron chi connectivity index (χ0n) is 17.5. The van der Waals surface area contributed by atoms with E-state index in [1.54, 1.807) is 0 Å². The van der Waals surface area contributed by atoms with Crippen molar-refractivity contribution in [2.24, 2.45) is 0 Å². The number of aromatic nitrogens is 3. The van der Waals surface area contributed by atoms with Gasteiger partial charge in [-0.25, -0.2) is 4.98 Å². The average Bonchev–Trinajstić information content (AvgIpc) is 2.72. The smallest absolute Gasteiger partial charge is 0.255 e. The van der Waals surface area contributed by atoms with Gasteiger partial charge < -0.3 is 4.98 Å². The molecule has 2 aromatic heterocycles. The summed E-state index contributed by atoms with van der Waals surface area (Å²) in [6.45, 7) is 8.71. The van der Waals surface area contributed by atoms with E-state index in [9.17, 15) is 4.79 Å². The van der Waals surface area contributed by atoms with Gasteiger partial charge in [0.2, 0.25) is 0 Å². The van der Waals surface area contributed by atoms with Gasteiger partial charge in [0, 0.05) is 44.2 Å². The van der Waals surface area contributed by atoms with Crippen LogP contribution in [0.4, 0.5) is 0 Å². The minimum Gasteiger partial charge on any atom is -0.310 e. The second-order valence-electron chi connectivity index (χ2n) is 7.95. The number of nitrogens with zero attached hydrogens (tertiary/aromatic N) is 3. The fraction of sp³-hybridized carbons (Fsp3) is 0.375. The molecule has 3 aromatic rings. The predicted molar refractivity (Wildman–Crippen MR) is 116 cm³/mol. The Morgan fingerprint density at radius 1 is 1.17 bits per heavy atom. The number of aromatic amines is 1. The lowest BCUT2D eigenvalue weighted by molar-refractivity contribution is 0.241. The second-order valence-corrected chi connectivity index (χ2v) is 7.95. The first-order valence-corrected chi connectivity index (χ1v) is 10.4. The third kappa shape index (κ3) is 4.15. The van der Waals surface area contributed by atoms with Crippen molar-refractivity contribution in [2.75, 3.05) is 6.54 Å². The van der Waals surface area contributed by atoms with Crippen LogP contribution >= 0.6 is 0 Å². The van der Waals surface area contributed by atoms with E-state index in [-0.39, 0.29) is 5.56 Å². The van der Waals surface area contributed by atoms with Crippen LogP contribution in [0.15, 0.2) is 41.3 Å². The van der Waals surface area contributed by atoms with Gasteiger partial charge in [-0.2, -0.15) is 0 Å². The molecule has 0 saturated carbocycles. The van der Waals surface area contributed by atoms with Crippen molar-refractivity contribution >= 4 is 0 Å². The molecule has 0 aliphatic carbocycles. The van der Waals surface area contributed by atoms with E-state index in [1.165, 1.54) is 16.7 Å². The molecule has 5 nitrogen and oxygen atoms in total. The largest absolute Gasteiger partial charge is 0.310 e. The summed E-state index contributed by atoms with van der Waals surface area (Å²) in [7, 11) is 0. The summed E-state index contributed by atoms with van der Waals surface area (Å²) in [4.78, 5) is 27.1. The lowest BCUT2D eigenvalue weighted by Gasteiger charge is -2.27. The van der Waals surface area contributed by atoms with E-state index < -0.39 is 0 Å². The van der Waals surface area contributed by atoms with Crippen LogP contribution in [0, 0.1) is 13.8 Å². The predicted octanol–water partition coefficient (Wildman–Crippen LogP) is 3.96. The molecule has 0 spiro atoms. The van der Waals surface area contributed by atoms with Gasteiger partial charge in [0.25, 0.3) is 5.56 Å². The van der Waals surface area contributed by atoms with E-state index in [1.807, 2.05) is 6.20 Å². The number of pyridine rings is 1. The van der Waals surface area contributed by atoms with Crippen LogP contribution in [-0.4, -0.2) is 26.4 Å². The van der Waals surface area contributed by atoms with E-state index in [0.717, 1.165) is 60.7 Å². The lowest BCUT2D eigenvalue weighted by atomic mass is 10.0. The van der Waals surface area contributed by atoms with Crippen molar-refractivity contribution in [2.45, 2.75) is 53.1 Å². The van der Waals surface area contributed by atoms with Gasteiger partial charge >= 0.3 is 0 Å². The van der Waals surface area contributed by atoms with Crippen LogP contribution < -0.4 is 5.56 Å². The van der Waals surface area contributed by atoms with E-state index in [2.05, 4.69) is 66.0 Å². The van der Waals surface area contributed by atoms with Crippen molar-refractivity contribution in [1.29, 1.82) is 0 Å². The Labute approximate surface area is 171 Å². The second kappa shape index (κ2) is 8.29. The molecular weight excluding hydrogens is 360 g/mol. The van der Waals surface area contributed by atoms with Gasteiger partial charge in [-0.15, -0.1) is 0 Å². The minimum absolute atomic E-state index is 0.0199.